The van der Waals surface area contributed by atoms with Crippen molar-refractivity contribution in [3.8, 4) is 0 Å². The van der Waals surface area contributed by atoms with Crippen molar-refractivity contribution in [1.82, 2.24) is 9.80 Å². The van der Waals surface area contributed by atoms with E-state index in [0.29, 0.717) is 32.5 Å². The van der Waals surface area contributed by atoms with Crippen LogP contribution in [-0.2, 0) is 14.4 Å². The van der Waals surface area contributed by atoms with Gasteiger partial charge in [0, 0.05) is 19.6 Å². The van der Waals surface area contributed by atoms with Gasteiger partial charge >= 0.3 is 0 Å². The van der Waals surface area contributed by atoms with E-state index < -0.39 is 17.4 Å². The molecule has 2 aliphatic heterocycles. The summed E-state index contributed by atoms with van der Waals surface area (Å²) in [4.78, 5) is 39.4. The van der Waals surface area contributed by atoms with Crippen LogP contribution in [0, 0.1) is 11.3 Å². The number of hydrogen-bond donors (Lipinski definition) is 1. The Balaban J connectivity index is 2.17. The molecule has 0 radical (unpaired) electrons. The van der Waals surface area contributed by atoms with Gasteiger partial charge in [0.15, 0.2) is 0 Å². The zero-order valence-electron chi connectivity index (χ0n) is 12.7. The Hall–Kier alpha value is -1.85. The Morgan fingerprint density at radius 1 is 1.33 bits per heavy atom. The highest BCUT2D eigenvalue weighted by atomic mass is 16.2. The number of carbonyl (C=O) groups is 3. The van der Waals surface area contributed by atoms with Crippen molar-refractivity contribution < 1.29 is 14.4 Å². The van der Waals surface area contributed by atoms with E-state index in [-0.39, 0.29) is 17.7 Å². The summed E-state index contributed by atoms with van der Waals surface area (Å²) in [7, 11) is 0. The Morgan fingerprint density at radius 2 is 1.95 bits per heavy atom. The van der Waals surface area contributed by atoms with E-state index in [1.165, 1.54) is 6.08 Å². The Bertz CT molecular complexity index is 489. The summed E-state index contributed by atoms with van der Waals surface area (Å²) in [6.07, 6.45) is 2.59. The van der Waals surface area contributed by atoms with Crippen LogP contribution in [0.5, 0.6) is 0 Å². The van der Waals surface area contributed by atoms with Crippen LogP contribution in [0.2, 0.25) is 0 Å². The highest BCUT2D eigenvalue weighted by molar-refractivity contribution is 5.93. The summed E-state index contributed by atoms with van der Waals surface area (Å²) in [5.74, 6) is -0.672. The number of nitrogens with two attached hydrogens (primary N) is 1. The fourth-order valence-electron chi connectivity index (χ4n) is 3.52. The molecule has 0 unspecified atom stereocenters. The molecule has 6 heteroatoms. The molecule has 116 valence electrons. The molecule has 2 rings (SSSR count). The molecule has 0 bridgehead atoms. The van der Waals surface area contributed by atoms with Crippen LogP contribution in [0.25, 0.3) is 0 Å². The van der Waals surface area contributed by atoms with E-state index in [1.54, 1.807) is 9.80 Å². The van der Waals surface area contributed by atoms with Gasteiger partial charge in [0.1, 0.15) is 6.04 Å². The predicted octanol–water partition coefficient (Wildman–Crippen LogP) is 0.133. The molecular formula is C15H23N3O3. The van der Waals surface area contributed by atoms with E-state index in [1.807, 2.05) is 13.8 Å². The molecule has 2 N–H and O–H groups in total. The standard InChI is InChI=1S/C15H23N3O3/c1-4-11(19)17-7-5-15(9-17)6-8-18(14(15)21)12(10(2)3)13(16)20/h4,10,12H,1,5-9H2,2-3H3,(H2,16,20)/t12-,15-/m0/s1. The molecule has 6 nitrogen and oxygen atoms in total. The Morgan fingerprint density at radius 3 is 2.48 bits per heavy atom. The van der Waals surface area contributed by atoms with E-state index in [9.17, 15) is 14.4 Å². The van der Waals surface area contributed by atoms with Crippen LogP contribution in [0.4, 0.5) is 0 Å². The molecule has 0 aliphatic carbocycles. The molecule has 2 atom stereocenters. The summed E-state index contributed by atoms with van der Waals surface area (Å²) in [6.45, 7) is 8.76. The van der Waals surface area contributed by atoms with Gasteiger partial charge in [-0.05, 0) is 24.8 Å². The lowest BCUT2D eigenvalue weighted by molar-refractivity contribution is -0.143. The molecule has 0 aromatic rings. The zero-order valence-corrected chi connectivity index (χ0v) is 12.7. The maximum atomic E-state index is 12.8. The first kappa shape index (κ1) is 15.5. The summed E-state index contributed by atoms with van der Waals surface area (Å²) in [5.41, 5.74) is 4.91. The van der Waals surface area contributed by atoms with E-state index >= 15 is 0 Å². The number of hydrogen-bond acceptors (Lipinski definition) is 3. The average Bonchev–Trinajstić information content (AvgIpc) is 2.97. The number of likely N-dealkylation sites (tertiary alicyclic amines) is 2. The smallest absolute Gasteiger partial charge is 0.245 e. The number of primary amides is 1. The number of nitrogens with zero attached hydrogens (tertiary/aromatic N) is 2. The number of rotatable bonds is 4. The largest absolute Gasteiger partial charge is 0.368 e. The van der Waals surface area contributed by atoms with Crippen LogP contribution < -0.4 is 5.73 Å². The molecule has 21 heavy (non-hydrogen) atoms. The van der Waals surface area contributed by atoms with Crippen molar-refractivity contribution in [2.24, 2.45) is 17.1 Å². The van der Waals surface area contributed by atoms with Crippen LogP contribution in [0.15, 0.2) is 12.7 Å². The molecule has 1 spiro atoms. The first-order valence-corrected chi connectivity index (χ1v) is 7.34. The Labute approximate surface area is 124 Å². The van der Waals surface area contributed by atoms with Crippen LogP contribution in [0.1, 0.15) is 26.7 Å². The summed E-state index contributed by atoms with van der Waals surface area (Å²) >= 11 is 0. The third kappa shape index (κ3) is 2.54. The summed E-state index contributed by atoms with van der Waals surface area (Å²) < 4.78 is 0. The normalized spacial score (nSPS) is 26.7. The maximum Gasteiger partial charge on any atom is 0.245 e. The van der Waals surface area contributed by atoms with Crippen LogP contribution in [0.3, 0.4) is 0 Å². The second-order valence-corrected chi connectivity index (χ2v) is 6.33. The van der Waals surface area contributed by atoms with Crippen molar-refractivity contribution in [1.29, 1.82) is 0 Å². The van der Waals surface area contributed by atoms with Gasteiger partial charge in [0.25, 0.3) is 0 Å². The fourth-order valence-corrected chi connectivity index (χ4v) is 3.52. The van der Waals surface area contributed by atoms with Crippen molar-refractivity contribution >= 4 is 17.7 Å². The van der Waals surface area contributed by atoms with Crippen molar-refractivity contribution in [2.45, 2.75) is 32.7 Å². The van der Waals surface area contributed by atoms with Crippen molar-refractivity contribution in [3.05, 3.63) is 12.7 Å². The average molecular weight is 293 g/mol. The third-order valence-corrected chi connectivity index (χ3v) is 4.64. The molecule has 2 aliphatic rings. The lowest BCUT2D eigenvalue weighted by atomic mass is 9.85. The lowest BCUT2D eigenvalue weighted by Crippen LogP contribution is -2.50. The van der Waals surface area contributed by atoms with E-state index in [2.05, 4.69) is 6.58 Å². The highest BCUT2D eigenvalue weighted by Gasteiger charge is 2.53. The molecule has 2 saturated heterocycles. The van der Waals surface area contributed by atoms with Crippen LogP contribution in [-0.4, -0.2) is 53.2 Å². The second kappa shape index (κ2) is 5.50. The zero-order chi connectivity index (χ0) is 15.8. The number of carbonyl (C=O) groups excluding carboxylic acids is 3. The van der Waals surface area contributed by atoms with E-state index in [4.69, 9.17) is 5.73 Å². The lowest BCUT2D eigenvalue weighted by Gasteiger charge is -2.30. The van der Waals surface area contributed by atoms with Crippen molar-refractivity contribution in [3.63, 3.8) is 0 Å². The second-order valence-electron chi connectivity index (χ2n) is 6.33. The maximum absolute atomic E-state index is 12.8. The van der Waals surface area contributed by atoms with Gasteiger partial charge in [-0.2, -0.15) is 0 Å². The van der Waals surface area contributed by atoms with Gasteiger partial charge in [0.05, 0.1) is 5.41 Å². The molecule has 2 heterocycles. The first-order chi connectivity index (χ1) is 9.82. The predicted molar refractivity (Wildman–Crippen MR) is 78.0 cm³/mol. The van der Waals surface area contributed by atoms with Gasteiger partial charge < -0.3 is 15.5 Å². The molecule has 0 saturated carbocycles. The minimum atomic E-state index is -0.568. The summed E-state index contributed by atoms with van der Waals surface area (Å²) in [6, 6.07) is -0.568. The third-order valence-electron chi connectivity index (χ3n) is 4.64. The monoisotopic (exact) mass is 293 g/mol. The molecular weight excluding hydrogens is 270 g/mol. The molecule has 3 amide bonds. The van der Waals surface area contributed by atoms with Crippen molar-refractivity contribution in [2.75, 3.05) is 19.6 Å². The quantitative estimate of drug-likeness (QED) is 0.748. The van der Waals surface area contributed by atoms with Gasteiger partial charge in [-0.25, -0.2) is 0 Å². The van der Waals surface area contributed by atoms with Gasteiger partial charge in [0.2, 0.25) is 17.7 Å². The molecule has 2 fully saturated rings. The van der Waals surface area contributed by atoms with Gasteiger partial charge in [-0.3, -0.25) is 14.4 Å². The van der Waals surface area contributed by atoms with Gasteiger partial charge in [-0.15, -0.1) is 0 Å². The Kier molecular flexibility index (Phi) is 4.07. The molecule has 0 aromatic heterocycles. The fraction of sp³-hybridized carbons (Fsp3) is 0.667. The van der Waals surface area contributed by atoms with E-state index in [0.717, 1.165) is 0 Å². The first-order valence-electron chi connectivity index (χ1n) is 7.34. The van der Waals surface area contributed by atoms with Crippen LogP contribution >= 0.6 is 0 Å². The number of amides is 3. The highest BCUT2D eigenvalue weighted by Crippen LogP contribution is 2.42. The molecule has 0 aromatic carbocycles. The summed E-state index contributed by atoms with van der Waals surface area (Å²) in [5, 5.41) is 0. The minimum absolute atomic E-state index is 0.0195. The minimum Gasteiger partial charge on any atom is -0.368 e. The topological polar surface area (TPSA) is 83.7 Å². The van der Waals surface area contributed by atoms with Gasteiger partial charge in [-0.1, -0.05) is 20.4 Å². The SMILES string of the molecule is C=CC(=O)N1CC[C@]2(CCN([C@H](C(N)=O)C(C)C)C2=O)C1.